The molecule has 0 radical (unpaired) electrons. The van der Waals surface area contributed by atoms with Gasteiger partial charge in [-0.1, -0.05) is 18.1 Å². The third-order valence-electron chi connectivity index (χ3n) is 15.0. The van der Waals surface area contributed by atoms with Gasteiger partial charge >= 0.3 is 17.1 Å². The lowest BCUT2D eigenvalue weighted by atomic mass is 9.83. The third kappa shape index (κ3) is 6.92. The van der Waals surface area contributed by atoms with Crippen LogP contribution in [0.25, 0.3) is 39.1 Å². The molecule has 3 aromatic carbocycles. The maximum atomic E-state index is 15.6. The Balaban J connectivity index is 1.04. The van der Waals surface area contributed by atoms with Crippen molar-refractivity contribution in [1.82, 2.24) is 47.7 Å². The second-order valence-corrected chi connectivity index (χ2v) is 19.8. The fourth-order valence-corrected chi connectivity index (χ4v) is 11.4. The topological polar surface area (TPSA) is 174 Å². The first-order valence-corrected chi connectivity index (χ1v) is 23.6. The molecule has 1 saturated heterocycles. The molecule has 0 unspecified atom stereocenters. The van der Waals surface area contributed by atoms with E-state index in [1.807, 2.05) is 34.6 Å². The van der Waals surface area contributed by atoms with Gasteiger partial charge in [-0.3, -0.25) is 32.6 Å². The number of aromatic nitrogens is 9. The number of fused-ring (bicyclic) bond motifs is 3. The lowest BCUT2D eigenvalue weighted by Crippen LogP contribution is -2.41. The van der Waals surface area contributed by atoms with E-state index >= 15 is 9.18 Å². The van der Waals surface area contributed by atoms with Crippen molar-refractivity contribution in [2.45, 2.75) is 96.9 Å². The van der Waals surface area contributed by atoms with Crippen LogP contribution < -0.4 is 17.1 Å². The van der Waals surface area contributed by atoms with E-state index in [1.54, 1.807) is 72.4 Å². The highest BCUT2D eigenvalue weighted by Gasteiger charge is 2.59. The van der Waals surface area contributed by atoms with Crippen molar-refractivity contribution in [3.05, 3.63) is 144 Å². The van der Waals surface area contributed by atoms with Crippen LogP contribution in [-0.2, 0) is 35.0 Å². The Morgan fingerprint density at radius 1 is 0.928 bits per heavy atom. The number of hydrogen-bond acceptors (Lipinski definition) is 9. The maximum absolute atomic E-state index is 15.6. The Labute approximate surface area is 395 Å². The first-order valence-electron chi connectivity index (χ1n) is 23.6. The average Bonchev–Trinajstić information content (AvgIpc) is 3.90. The van der Waals surface area contributed by atoms with Gasteiger partial charge in [0, 0.05) is 62.6 Å². The number of hydrogen-bond donors (Lipinski definition) is 1. The van der Waals surface area contributed by atoms with Crippen molar-refractivity contribution in [2.24, 2.45) is 13.0 Å². The fourth-order valence-electron chi connectivity index (χ4n) is 11.4. The fraction of sp³-hybridized carbons (Fsp3) is 0.412. The highest BCUT2D eigenvalue weighted by molar-refractivity contribution is 6.00. The number of nitrogens with one attached hydrogen (secondary N) is 1. The molecule has 4 atom stereocenters. The molecule has 1 aliphatic carbocycles. The summed E-state index contributed by atoms with van der Waals surface area (Å²) in [7, 11) is 3.28. The molecule has 0 bridgehead atoms. The number of rotatable bonds is 10. The SMILES string of the molecule is COCCn1c(=O)n(C)c2cc(-n3ccn(-c4c5c(nn4-c4cc(C)c(F)c(C)c4)CCN(C(=O)c4cc6cc([C@@H]7CCOC(C)(C)C7)ccc6n4[C@@]4(c6noc(=O)[nH]6)C[C@@H]4C)[C@H]5C)c3=O)ccc21. The molecule has 1 amide bonds. The Bertz CT molecular complexity index is 3550. The van der Waals surface area contributed by atoms with Crippen LogP contribution in [0.2, 0.25) is 0 Å². The lowest BCUT2D eigenvalue weighted by Gasteiger charge is -2.35. The molecular weight excluding hydrogens is 884 g/mol. The zero-order chi connectivity index (χ0) is 48.4. The Hall–Kier alpha value is -7.05. The van der Waals surface area contributed by atoms with E-state index in [-0.39, 0.29) is 34.9 Å². The van der Waals surface area contributed by atoms with Crippen molar-refractivity contribution in [1.29, 1.82) is 0 Å². The molecule has 17 nitrogen and oxygen atoms in total. The number of imidazole rings is 2. The molecule has 3 aliphatic rings. The van der Waals surface area contributed by atoms with Gasteiger partial charge < -0.3 is 18.9 Å². The smallest absolute Gasteiger partial charge is 0.383 e. The Morgan fingerprint density at radius 3 is 2.36 bits per heavy atom. The Morgan fingerprint density at radius 2 is 1.67 bits per heavy atom. The predicted molar refractivity (Wildman–Crippen MR) is 256 cm³/mol. The summed E-state index contributed by atoms with van der Waals surface area (Å²) in [5, 5.41) is 10.2. The molecule has 11 rings (SSSR count). The number of aromatic amines is 1. The number of nitrogens with zero attached hydrogens (tertiary/aromatic N) is 9. The van der Waals surface area contributed by atoms with Crippen LogP contribution in [0.5, 0.6) is 0 Å². The van der Waals surface area contributed by atoms with Gasteiger partial charge in [0.25, 0.3) is 5.91 Å². The van der Waals surface area contributed by atoms with Crippen molar-refractivity contribution in [2.75, 3.05) is 26.9 Å². The summed E-state index contributed by atoms with van der Waals surface area (Å²) in [5.74, 6) is -0.185. The lowest BCUT2D eigenvalue weighted by molar-refractivity contribution is -0.0592. The number of carbonyl (C=O) groups is 1. The minimum atomic E-state index is -0.849. The van der Waals surface area contributed by atoms with E-state index in [1.165, 1.54) is 14.7 Å². The molecule has 2 aliphatic heterocycles. The van der Waals surface area contributed by atoms with E-state index in [0.29, 0.717) is 101 Å². The summed E-state index contributed by atoms with van der Waals surface area (Å²) < 4.78 is 41.6. The Kier molecular flexibility index (Phi) is 10.3. The number of benzene rings is 3. The number of ether oxygens (including phenoxy) is 2. The largest absolute Gasteiger partial charge is 0.438 e. The number of amides is 1. The van der Waals surface area contributed by atoms with E-state index < -0.39 is 23.0 Å². The van der Waals surface area contributed by atoms with E-state index in [4.69, 9.17) is 19.1 Å². The zero-order valence-corrected chi connectivity index (χ0v) is 40.0. The quantitative estimate of drug-likeness (QED) is 0.156. The number of aryl methyl sites for hydroxylation is 3. The average molecular weight is 939 g/mol. The monoisotopic (exact) mass is 938 g/mol. The summed E-state index contributed by atoms with van der Waals surface area (Å²) in [4.78, 5) is 60.9. The summed E-state index contributed by atoms with van der Waals surface area (Å²) in [6, 6.07) is 16.6. The second kappa shape index (κ2) is 16.0. The third-order valence-corrected chi connectivity index (χ3v) is 15.0. The van der Waals surface area contributed by atoms with Crippen LogP contribution in [0.15, 0.2) is 85.9 Å². The van der Waals surface area contributed by atoms with E-state index in [0.717, 1.165) is 23.7 Å². The number of H-pyrrole nitrogens is 1. The molecule has 2 fully saturated rings. The summed E-state index contributed by atoms with van der Waals surface area (Å²) >= 11 is 0. The van der Waals surface area contributed by atoms with Crippen molar-refractivity contribution in [3.8, 4) is 17.2 Å². The van der Waals surface area contributed by atoms with Crippen LogP contribution in [0.1, 0.15) is 103 Å². The van der Waals surface area contributed by atoms with Crippen LogP contribution in [0.4, 0.5) is 4.39 Å². The number of methoxy groups -OCH3 is 1. The minimum absolute atomic E-state index is 0.00581. The number of carbonyl (C=O) groups excluding carboxylic acids is 1. The van der Waals surface area contributed by atoms with Crippen molar-refractivity contribution >= 4 is 27.8 Å². The second-order valence-electron chi connectivity index (χ2n) is 19.8. The van der Waals surface area contributed by atoms with Gasteiger partial charge in [-0.2, -0.15) is 5.10 Å². The summed E-state index contributed by atoms with van der Waals surface area (Å²) in [6.45, 7) is 13.4. The summed E-state index contributed by atoms with van der Waals surface area (Å²) in [6.07, 6.45) is 6.07. The molecule has 1 saturated carbocycles. The summed E-state index contributed by atoms with van der Waals surface area (Å²) in [5.41, 5.74) is 5.38. The van der Waals surface area contributed by atoms with Gasteiger partial charge in [-0.15, -0.1) is 0 Å². The van der Waals surface area contributed by atoms with Crippen LogP contribution in [0.3, 0.4) is 0 Å². The van der Waals surface area contributed by atoms with Gasteiger partial charge in [0.05, 0.1) is 52.9 Å². The van der Waals surface area contributed by atoms with Crippen LogP contribution >= 0.6 is 0 Å². The standard InChI is InChI=1S/C51H55FN10O7/c1-28-21-36(22-29(2)43(28)52)62-44(60-17-16-58(49(60)66)35-10-12-39-40(25-35)56(7)48(65)59(39)18-20-67-8)42-31(4)57(15-13-37(42)54-62)45(63)41-24-34-23-32(33-14-19-68-50(5,6)27-33)9-11-38(34)61(41)51(26-30(51)3)46-53-47(64)69-55-46/h9-12,16-17,21-25,30-31,33H,13-15,18-20,26-27H2,1-8H3,(H,53,55,64)/t30-,31-,33+,51-/m0/s1. The predicted octanol–water partition coefficient (Wildman–Crippen LogP) is 6.72. The van der Waals surface area contributed by atoms with E-state index in [9.17, 15) is 14.4 Å². The molecule has 7 heterocycles. The number of halogens is 1. The van der Waals surface area contributed by atoms with Crippen LogP contribution in [-0.4, -0.2) is 86.0 Å². The van der Waals surface area contributed by atoms with Gasteiger partial charge in [-0.25, -0.2) is 23.5 Å². The molecular formula is C51H55FN10O7. The van der Waals surface area contributed by atoms with Crippen LogP contribution in [0, 0.1) is 25.6 Å². The normalized spacial score (nSPS) is 21.1. The molecule has 8 aromatic rings. The molecule has 358 valence electrons. The molecule has 1 N–H and O–H groups in total. The highest BCUT2D eigenvalue weighted by atomic mass is 19.1. The zero-order valence-electron chi connectivity index (χ0n) is 40.0. The molecule has 69 heavy (non-hydrogen) atoms. The van der Waals surface area contributed by atoms with Crippen molar-refractivity contribution in [3.63, 3.8) is 0 Å². The highest BCUT2D eigenvalue weighted by Crippen LogP contribution is 2.56. The molecule has 0 spiro atoms. The van der Waals surface area contributed by atoms with Crippen molar-refractivity contribution < 1.29 is 23.2 Å². The van der Waals surface area contributed by atoms with E-state index in [2.05, 4.69) is 49.1 Å². The van der Waals surface area contributed by atoms with Gasteiger partial charge in [-0.05, 0) is 131 Å². The minimum Gasteiger partial charge on any atom is -0.383 e. The first kappa shape index (κ1) is 44.5. The van der Waals surface area contributed by atoms with Gasteiger partial charge in [0.2, 0.25) is 0 Å². The molecule has 5 aromatic heterocycles. The van der Waals surface area contributed by atoms with Gasteiger partial charge in [0.15, 0.2) is 5.82 Å². The maximum Gasteiger partial charge on any atom is 0.438 e. The first-order chi connectivity index (χ1) is 33.0. The van der Waals surface area contributed by atoms with Gasteiger partial charge in [0.1, 0.15) is 22.9 Å². The molecule has 18 heteroatoms.